The Kier molecular flexibility index (Phi) is 2.86. The van der Waals surface area contributed by atoms with E-state index in [1.54, 1.807) is 5.56 Å². The fourth-order valence-corrected chi connectivity index (χ4v) is 4.32. The van der Waals surface area contributed by atoms with E-state index in [0.717, 1.165) is 5.92 Å². The Morgan fingerprint density at radius 1 is 1.06 bits per heavy atom. The normalized spacial score (nSPS) is 27.6. The molecule has 0 saturated heterocycles. The second kappa shape index (κ2) is 3.80. The molecule has 1 aliphatic heterocycles. The molecule has 0 N–H and O–H groups in total. The summed E-state index contributed by atoms with van der Waals surface area (Å²) in [4.78, 5) is 1.54. The van der Waals surface area contributed by atoms with Gasteiger partial charge >= 0.3 is 0 Å². The van der Waals surface area contributed by atoms with Crippen molar-refractivity contribution in [2.75, 3.05) is 0 Å². The van der Waals surface area contributed by atoms with Gasteiger partial charge in [-0.05, 0) is 42.4 Å². The third-order valence-electron chi connectivity index (χ3n) is 4.28. The molecule has 0 radical (unpaired) electrons. The molecule has 1 heterocycles. The molecule has 0 fully saturated rings. The zero-order chi connectivity index (χ0) is 12.1. The minimum Gasteiger partial charge on any atom is -0.119 e. The highest BCUT2D eigenvalue weighted by Gasteiger charge is 2.38. The van der Waals surface area contributed by atoms with Crippen molar-refractivity contribution in [2.45, 2.75) is 57.1 Å². The number of fused-ring (bicyclic) bond motifs is 1. The number of benzene rings is 1. The van der Waals surface area contributed by atoms with Gasteiger partial charge in [0, 0.05) is 9.64 Å². The minimum atomic E-state index is 0.352. The van der Waals surface area contributed by atoms with E-state index in [1.165, 1.54) is 16.0 Å². The summed E-state index contributed by atoms with van der Waals surface area (Å²) in [6.45, 7) is 14.0. The fraction of sp³-hybridized carbons (Fsp3) is 0.600. The Balaban J connectivity index is 2.63. The molecule has 1 aromatic carbocycles. The summed E-state index contributed by atoms with van der Waals surface area (Å²) >= 11 is 2.07. The van der Waals surface area contributed by atoms with E-state index in [-0.39, 0.29) is 0 Å². The summed E-state index contributed by atoms with van der Waals surface area (Å²) in [5.41, 5.74) is 4.50. The molecule has 2 atom stereocenters. The second-order valence-corrected chi connectivity index (χ2v) is 7.39. The van der Waals surface area contributed by atoms with Gasteiger partial charge in [-0.15, -0.1) is 11.8 Å². The Morgan fingerprint density at radius 3 is 2.25 bits per heavy atom. The predicted molar refractivity (Wildman–Crippen MR) is 73.4 cm³/mol. The summed E-state index contributed by atoms with van der Waals surface area (Å²) in [5, 5.41) is 0. The van der Waals surface area contributed by atoms with Gasteiger partial charge in [-0.1, -0.05) is 39.8 Å². The highest BCUT2D eigenvalue weighted by Crippen LogP contribution is 2.53. The van der Waals surface area contributed by atoms with Crippen molar-refractivity contribution in [2.24, 2.45) is 5.92 Å². The zero-order valence-electron chi connectivity index (χ0n) is 11.2. The first kappa shape index (κ1) is 12.0. The van der Waals surface area contributed by atoms with E-state index < -0.39 is 0 Å². The standard InChI is InChI=1S/C15H22S/c1-9-7-8-10(2)14-13(9)11(3)12(4)15(5,6)16-14/h7-8,11-12H,1-6H3. The predicted octanol–water partition coefficient (Wildman–Crippen LogP) is 4.93. The summed E-state index contributed by atoms with van der Waals surface area (Å²) in [7, 11) is 0. The summed E-state index contributed by atoms with van der Waals surface area (Å²) in [5.74, 6) is 1.40. The Morgan fingerprint density at radius 2 is 1.62 bits per heavy atom. The van der Waals surface area contributed by atoms with E-state index in [0.29, 0.717) is 10.7 Å². The van der Waals surface area contributed by atoms with Crippen molar-refractivity contribution in [1.29, 1.82) is 0 Å². The molecule has 2 rings (SSSR count). The molecule has 2 unspecified atom stereocenters. The fourth-order valence-electron chi connectivity index (χ4n) is 2.72. The molecule has 16 heavy (non-hydrogen) atoms. The lowest BCUT2D eigenvalue weighted by Gasteiger charge is -2.42. The van der Waals surface area contributed by atoms with Gasteiger partial charge in [-0.2, -0.15) is 0 Å². The number of rotatable bonds is 0. The Hall–Kier alpha value is -0.430. The van der Waals surface area contributed by atoms with Crippen LogP contribution < -0.4 is 0 Å². The van der Waals surface area contributed by atoms with Crippen molar-refractivity contribution in [1.82, 2.24) is 0 Å². The van der Waals surface area contributed by atoms with Gasteiger partial charge in [0.2, 0.25) is 0 Å². The minimum absolute atomic E-state index is 0.352. The SMILES string of the molecule is Cc1ccc(C)c2c1SC(C)(C)C(C)C2C. The van der Waals surface area contributed by atoms with Crippen LogP contribution in [0.5, 0.6) is 0 Å². The number of hydrogen-bond acceptors (Lipinski definition) is 1. The third kappa shape index (κ3) is 1.69. The molecule has 0 nitrogen and oxygen atoms in total. The van der Waals surface area contributed by atoms with Crippen LogP contribution in [0.15, 0.2) is 17.0 Å². The van der Waals surface area contributed by atoms with Crippen molar-refractivity contribution in [3.05, 3.63) is 28.8 Å². The van der Waals surface area contributed by atoms with Gasteiger partial charge in [-0.25, -0.2) is 0 Å². The highest BCUT2D eigenvalue weighted by atomic mass is 32.2. The molecular formula is C15H22S. The van der Waals surface area contributed by atoms with Gasteiger partial charge in [0.25, 0.3) is 0 Å². The van der Waals surface area contributed by atoms with Crippen LogP contribution in [0.1, 0.15) is 50.3 Å². The van der Waals surface area contributed by atoms with Crippen LogP contribution >= 0.6 is 11.8 Å². The van der Waals surface area contributed by atoms with Crippen molar-refractivity contribution in [3.63, 3.8) is 0 Å². The molecule has 1 aliphatic rings. The van der Waals surface area contributed by atoms with E-state index in [4.69, 9.17) is 0 Å². The van der Waals surface area contributed by atoms with Crippen LogP contribution in [0.2, 0.25) is 0 Å². The van der Waals surface area contributed by atoms with E-state index in [1.807, 2.05) is 0 Å². The molecule has 0 bridgehead atoms. The lowest BCUT2D eigenvalue weighted by molar-refractivity contribution is 0.383. The molecule has 0 aliphatic carbocycles. The maximum atomic E-state index is 2.39. The van der Waals surface area contributed by atoms with E-state index in [9.17, 15) is 0 Å². The molecule has 0 aromatic heterocycles. The Labute approximate surface area is 104 Å². The van der Waals surface area contributed by atoms with Crippen LogP contribution in [-0.4, -0.2) is 4.75 Å². The maximum Gasteiger partial charge on any atom is 0.0182 e. The third-order valence-corrected chi connectivity index (χ3v) is 5.92. The molecule has 1 aromatic rings. The van der Waals surface area contributed by atoms with Gasteiger partial charge in [0.05, 0.1) is 0 Å². The van der Waals surface area contributed by atoms with Crippen LogP contribution in [0.4, 0.5) is 0 Å². The number of hydrogen-bond donors (Lipinski definition) is 0. The molecule has 1 heteroatoms. The van der Waals surface area contributed by atoms with Crippen LogP contribution in [-0.2, 0) is 0 Å². The lowest BCUT2D eigenvalue weighted by Crippen LogP contribution is -2.33. The van der Waals surface area contributed by atoms with Crippen molar-refractivity contribution < 1.29 is 0 Å². The van der Waals surface area contributed by atoms with Gasteiger partial charge in [-0.3, -0.25) is 0 Å². The van der Waals surface area contributed by atoms with Crippen molar-refractivity contribution in [3.8, 4) is 0 Å². The molecule has 88 valence electrons. The van der Waals surface area contributed by atoms with Gasteiger partial charge < -0.3 is 0 Å². The topological polar surface area (TPSA) is 0 Å². The number of thioether (sulfide) groups is 1. The average Bonchev–Trinajstić information content (AvgIpc) is 2.20. The molecular weight excluding hydrogens is 212 g/mol. The lowest BCUT2D eigenvalue weighted by atomic mass is 9.78. The number of aryl methyl sites for hydroxylation is 2. The first-order valence-electron chi connectivity index (χ1n) is 6.13. The van der Waals surface area contributed by atoms with E-state index in [2.05, 4.69) is 65.4 Å². The summed E-state index contributed by atoms with van der Waals surface area (Å²) < 4.78 is 0.352. The first-order valence-corrected chi connectivity index (χ1v) is 6.95. The quantitative estimate of drug-likeness (QED) is 0.613. The average molecular weight is 234 g/mol. The van der Waals surface area contributed by atoms with Crippen LogP contribution in [0.3, 0.4) is 0 Å². The van der Waals surface area contributed by atoms with Crippen LogP contribution in [0, 0.1) is 19.8 Å². The molecule has 0 spiro atoms. The molecule has 0 amide bonds. The van der Waals surface area contributed by atoms with Gasteiger partial charge in [0.15, 0.2) is 0 Å². The van der Waals surface area contributed by atoms with Gasteiger partial charge in [0.1, 0.15) is 0 Å². The molecule has 0 saturated carbocycles. The monoisotopic (exact) mass is 234 g/mol. The summed E-state index contributed by atoms with van der Waals surface area (Å²) in [6.07, 6.45) is 0. The van der Waals surface area contributed by atoms with Crippen molar-refractivity contribution >= 4 is 11.8 Å². The largest absolute Gasteiger partial charge is 0.119 e. The smallest absolute Gasteiger partial charge is 0.0182 e. The zero-order valence-corrected chi connectivity index (χ0v) is 12.0. The highest BCUT2D eigenvalue weighted by molar-refractivity contribution is 8.00. The first-order chi connectivity index (χ1) is 7.34. The second-order valence-electron chi connectivity index (χ2n) is 5.73. The summed E-state index contributed by atoms with van der Waals surface area (Å²) in [6, 6.07) is 4.54. The van der Waals surface area contributed by atoms with E-state index >= 15 is 0 Å². The van der Waals surface area contributed by atoms with Crippen LogP contribution in [0.25, 0.3) is 0 Å². The maximum absolute atomic E-state index is 2.39. The Bertz CT molecular complexity index is 418.